The molecule has 1 heteroatoms. The summed E-state index contributed by atoms with van der Waals surface area (Å²) in [6.45, 7) is 10.2. The van der Waals surface area contributed by atoms with Gasteiger partial charge in [0, 0.05) is 10.1 Å². The number of thioether (sulfide) groups is 1. The van der Waals surface area contributed by atoms with Gasteiger partial charge in [0.1, 0.15) is 0 Å². The fourth-order valence-electron chi connectivity index (χ4n) is 1.05. The van der Waals surface area contributed by atoms with E-state index in [9.17, 15) is 0 Å². The summed E-state index contributed by atoms with van der Waals surface area (Å²) >= 11 is 1.85. The minimum atomic E-state index is 0.488. The lowest BCUT2D eigenvalue weighted by Gasteiger charge is -2.07. The monoisotopic (exact) mass is 192 g/mol. The fourth-order valence-corrected chi connectivity index (χ4v) is 1.97. The maximum atomic E-state index is 3.78. The number of hydrogen-bond donors (Lipinski definition) is 0. The normalized spacial score (nSPS) is 12.5. The molecule has 0 heterocycles. The van der Waals surface area contributed by atoms with Crippen LogP contribution in [0.2, 0.25) is 0 Å². The van der Waals surface area contributed by atoms with Crippen LogP contribution < -0.4 is 0 Å². The van der Waals surface area contributed by atoms with E-state index in [4.69, 9.17) is 0 Å². The number of aryl methyl sites for hydroxylation is 2. The van der Waals surface area contributed by atoms with Crippen LogP contribution in [0, 0.1) is 13.8 Å². The van der Waals surface area contributed by atoms with Crippen molar-refractivity contribution in [2.24, 2.45) is 0 Å². The van der Waals surface area contributed by atoms with Crippen molar-refractivity contribution in [2.75, 3.05) is 0 Å². The summed E-state index contributed by atoms with van der Waals surface area (Å²) in [7, 11) is 0. The molecule has 13 heavy (non-hydrogen) atoms. The SMILES string of the molecule is C=CC(C)Sc1ccc(C)c(C)c1. The molecule has 70 valence electrons. The van der Waals surface area contributed by atoms with Gasteiger partial charge >= 0.3 is 0 Å². The van der Waals surface area contributed by atoms with Crippen molar-refractivity contribution in [3.05, 3.63) is 42.0 Å². The summed E-state index contributed by atoms with van der Waals surface area (Å²) < 4.78 is 0. The van der Waals surface area contributed by atoms with Crippen molar-refractivity contribution in [3.8, 4) is 0 Å². The van der Waals surface area contributed by atoms with Crippen molar-refractivity contribution in [2.45, 2.75) is 30.9 Å². The molecule has 1 aromatic carbocycles. The highest BCUT2D eigenvalue weighted by Gasteiger charge is 2.00. The standard InChI is InChI=1S/C12H16S/c1-5-11(4)13-12-7-6-9(2)10(3)8-12/h5-8,11H,1H2,2-4H3. The molecule has 0 aliphatic carbocycles. The van der Waals surface area contributed by atoms with E-state index >= 15 is 0 Å². The highest BCUT2D eigenvalue weighted by atomic mass is 32.2. The quantitative estimate of drug-likeness (QED) is 0.516. The Labute approximate surface area is 85.1 Å². The van der Waals surface area contributed by atoms with Gasteiger partial charge in [-0.25, -0.2) is 0 Å². The van der Waals surface area contributed by atoms with Crippen LogP contribution in [0.5, 0.6) is 0 Å². The zero-order valence-electron chi connectivity index (χ0n) is 8.50. The molecule has 1 aromatic rings. The Kier molecular flexibility index (Phi) is 3.61. The molecule has 0 N–H and O–H groups in total. The van der Waals surface area contributed by atoms with Gasteiger partial charge in [-0.05, 0) is 44.0 Å². The molecule has 0 saturated carbocycles. The van der Waals surface area contributed by atoms with Gasteiger partial charge in [-0.15, -0.1) is 18.3 Å². The van der Waals surface area contributed by atoms with E-state index in [0.29, 0.717) is 5.25 Å². The van der Waals surface area contributed by atoms with Crippen LogP contribution in [0.1, 0.15) is 18.1 Å². The minimum absolute atomic E-state index is 0.488. The van der Waals surface area contributed by atoms with E-state index in [0.717, 1.165) is 0 Å². The molecular formula is C12H16S. The second kappa shape index (κ2) is 4.52. The topological polar surface area (TPSA) is 0 Å². The molecule has 0 nitrogen and oxygen atoms in total. The Morgan fingerprint density at radius 1 is 1.31 bits per heavy atom. The Bertz CT molecular complexity index is 302. The van der Waals surface area contributed by atoms with Crippen LogP contribution in [-0.4, -0.2) is 5.25 Å². The van der Waals surface area contributed by atoms with Gasteiger partial charge in [0.05, 0.1) is 0 Å². The molecule has 1 atom stereocenters. The second-order valence-electron chi connectivity index (χ2n) is 3.30. The molecule has 0 radical (unpaired) electrons. The largest absolute Gasteiger partial charge is 0.119 e. The summed E-state index contributed by atoms with van der Waals surface area (Å²) in [6.07, 6.45) is 1.97. The maximum Gasteiger partial charge on any atom is 0.0243 e. The molecule has 1 rings (SSSR count). The van der Waals surface area contributed by atoms with Crippen molar-refractivity contribution in [3.63, 3.8) is 0 Å². The molecule has 0 spiro atoms. The lowest BCUT2D eigenvalue weighted by molar-refractivity contribution is 1.22. The third kappa shape index (κ3) is 2.92. The van der Waals surface area contributed by atoms with E-state index in [2.05, 4.69) is 45.5 Å². The van der Waals surface area contributed by atoms with Gasteiger partial charge in [0.2, 0.25) is 0 Å². The smallest absolute Gasteiger partial charge is 0.0243 e. The zero-order valence-corrected chi connectivity index (χ0v) is 9.32. The Balaban J connectivity index is 2.79. The predicted octanol–water partition coefficient (Wildman–Crippen LogP) is 3.97. The molecule has 0 aromatic heterocycles. The third-order valence-corrected chi connectivity index (χ3v) is 3.22. The van der Waals surface area contributed by atoms with Gasteiger partial charge in [-0.1, -0.05) is 12.1 Å². The van der Waals surface area contributed by atoms with Gasteiger partial charge in [0.25, 0.3) is 0 Å². The first-order valence-corrected chi connectivity index (χ1v) is 5.38. The summed E-state index contributed by atoms with van der Waals surface area (Å²) in [6, 6.07) is 6.58. The highest BCUT2D eigenvalue weighted by molar-refractivity contribution is 8.00. The van der Waals surface area contributed by atoms with E-state index in [1.54, 1.807) is 0 Å². The summed E-state index contributed by atoms with van der Waals surface area (Å²) in [4.78, 5) is 1.33. The molecule has 0 saturated heterocycles. The van der Waals surface area contributed by atoms with Crippen LogP contribution in [0.3, 0.4) is 0 Å². The highest BCUT2D eigenvalue weighted by Crippen LogP contribution is 2.25. The first-order chi connectivity index (χ1) is 6.13. The Morgan fingerprint density at radius 2 is 2.00 bits per heavy atom. The minimum Gasteiger partial charge on any atom is -0.119 e. The van der Waals surface area contributed by atoms with Gasteiger partial charge < -0.3 is 0 Å². The van der Waals surface area contributed by atoms with Crippen molar-refractivity contribution in [1.82, 2.24) is 0 Å². The summed E-state index contributed by atoms with van der Waals surface area (Å²) in [5, 5.41) is 0.488. The third-order valence-electron chi connectivity index (χ3n) is 2.13. The average Bonchev–Trinajstić information content (AvgIpc) is 2.11. The van der Waals surface area contributed by atoms with Crippen LogP contribution in [0.15, 0.2) is 35.7 Å². The van der Waals surface area contributed by atoms with E-state index < -0.39 is 0 Å². The first kappa shape index (κ1) is 10.4. The van der Waals surface area contributed by atoms with Crippen LogP contribution in [0.4, 0.5) is 0 Å². The molecule has 0 amide bonds. The van der Waals surface area contributed by atoms with Gasteiger partial charge in [-0.2, -0.15) is 0 Å². The van der Waals surface area contributed by atoms with E-state index in [1.807, 2.05) is 17.8 Å². The molecule has 0 aliphatic heterocycles. The lowest BCUT2D eigenvalue weighted by Crippen LogP contribution is -1.89. The average molecular weight is 192 g/mol. The van der Waals surface area contributed by atoms with Crippen molar-refractivity contribution < 1.29 is 0 Å². The fraction of sp³-hybridized carbons (Fsp3) is 0.333. The van der Waals surface area contributed by atoms with Gasteiger partial charge in [0.15, 0.2) is 0 Å². The summed E-state index contributed by atoms with van der Waals surface area (Å²) in [5.74, 6) is 0. The molecule has 1 unspecified atom stereocenters. The second-order valence-corrected chi connectivity index (χ2v) is 4.76. The molecule has 0 bridgehead atoms. The van der Waals surface area contributed by atoms with Crippen LogP contribution in [0.25, 0.3) is 0 Å². The van der Waals surface area contributed by atoms with Crippen molar-refractivity contribution >= 4 is 11.8 Å². The van der Waals surface area contributed by atoms with Crippen molar-refractivity contribution in [1.29, 1.82) is 0 Å². The Morgan fingerprint density at radius 3 is 2.54 bits per heavy atom. The molecular weight excluding hydrogens is 176 g/mol. The van der Waals surface area contributed by atoms with Gasteiger partial charge in [-0.3, -0.25) is 0 Å². The lowest BCUT2D eigenvalue weighted by atomic mass is 10.1. The first-order valence-electron chi connectivity index (χ1n) is 4.50. The summed E-state index contributed by atoms with van der Waals surface area (Å²) in [5.41, 5.74) is 2.72. The number of rotatable bonds is 3. The Hall–Kier alpha value is -0.690. The number of hydrogen-bond acceptors (Lipinski definition) is 1. The number of benzene rings is 1. The maximum absolute atomic E-state index is 3.78. The van der Waals surface area contributed by atoms with Crippen LogP contribution >= 0.6 is 11.8 Å². The molecule has 0 fully saturated rings. The predicted molar refractivity (Wildman–Crippen MR) is 61.4 cm³/mol. The van der Waals surface area contributed by atoms with E-state index in [-0.39, 0.29) is 0 Å². The zero-order chi connectivity index (χ0) is 9.84. The molecule has 0 aliphatic rings. The van der Waals surface area contributed by atoms with E-state index in [1.165, 1.54) is 16.0 Å². The van der Waals surface area contributed by atoms with Crippen LogP contribution in [-0.2, 0) is 0 Å².